The zero-order chi connectivity index (χ0) is 20.1. The Morgan fingerprint density at radius 2 is 1.79 bits per heavy atom. The number of amides is 2. The lowest BCUT2D eigenvalue weighted by atomic mass is 10.1. The molecule has 3 aromatic rings. The van der Waals surface area contributed by atoms with E-state index in [2.05, 4.69) is 10.6 Å². The fourth-order valence-corrected chi connectivity index (χ4v) is 2.79. The van der Waals surface area contributed by atoms with Crippen LogP contribution in [-0.2, 0) is 11.3 Å². The van der Waals surface area contributed by atoms with Crippen LogP contribution in [0.4, 0.5) is 0 Å². The summed E-state index contributed by atoms with van der Waals surface area (Å²) in [6.45, 7) is 0.483. The Morgan fingerprint density at radius 3 is 2.59 bits per heavy atom. The highest BCUT2D eigenvalue weighted by atomic mass is 16.7. The van der Waals surface area contributed by atoms with Crippen LogP contribution in [0.3, 0.4) is 0 Å². The van der Waals surface area contributed by atoms with E-state index in [4.69, 9.17) is 13.9 Å². The highest BCUT2D eigenvalue weighted by molar-refractivity contribution is 6.04. The van der Waals surface area contributed by atoms with Crippen LogP contribution in [0, 0.1) is 0 Å². The molecule has 0 unspecified atom stereocenters. The minimum Gasteiger partial charge on any atom is -0.459 e. The summed E-state index contributed by atoms with van der Waals surface area (Å²) in [6.07, 6.45) is 2.97. The first-order valence-corrected chi connectivity index (χ1v) is 8.97. The van der Waals surface area contributed by atoms with Crippen LogP contribution >= 0.6 is 0 Å². The number of ether oxygens (including phenoxy) is 2. The number of rotatable bonds is 6. The molecule has 29 heavy (non-hydrogen) atoms. The van der Waals surface area contributed by atoms with Gasteiger partial charge in [0.1, 0.15) is 5.70 Å². The monoisotopic (exact) mass is 390 g/mol. The average molecular weight is 390 g/mol. The molecular weight excluding hydrogens is 372 g/mol. The number of carbonyl (C=O) groups is 2. The minimum atomic E-state index is -0.517. The van der Waals surface area contributed by atoms with E-state index < -0.39 is 11.8 Å². The molecule has 0 saturated heterocycles. The van der Waals surface area contributed by atoms with E-state index in [-0.39, 0.29) is 18.3 Å². The van der Waals surface area contributed by atoms with Gasteiger partial charge in [-0.15, -0.1) is 0 Å². The van der Waals surface area contributed by atoms with E-state index in [0.29, 0.717) is 23.6 Å². The van der Waals surface area contributed by atoms with Gasteiger partial charge in [0.2, 0.25) is 6.79 Å². The standard InChI is InChI=1S/C22H18N2O5/c25-21(23-13-15-5-2-1-3-6-15)17(24-22(26)19-7-4-10-27-19)11-16-8-9-18-20(12-16)29-14-28-18/h1-12H,13-14H2,(H,23,25)(H,24,26)/b17-11+. The van der Waals surface area contributed by atoms with E-state index in [9.17, 15) is 9.59 Å². The van der Waals surface area contributed by atoms with Crippen molar-refractivity contribution in [2.24, 2.45) is 0 Å². The molecule has 1 aliphatic rings. The molecule has 2 amide bonds. The topological polar surface area (TPSA) is 89.8 Å². The quantitative estimate of drug-likeness (QED) is 0.632. The van der Waals surface area contributed by atoms with Crippen molar-refractivity contribution in [1.29, 1.82) is 0 Å². The first kappa shape index (κ1) is 18.4. The molecule has 2 heterocycles. The van der Waals surface area contributed by atoms with Crippen LogP contribution in [0.1, 0.15) is 21.7 Å². The van der Waals surface area contributed by atoms with Crippen molar-refractivity contribution in [3.05, 3.63) is 89.5 Å². The lowest BCUT2D eigenvalue weighted by molar-refractivity contribution is -0.117. The number of hydrogen-bond acceptors (Lipinski definition) is 5. The second-order valence-electron chi connectivity index (χ2n) is 6.27. The van der Waals surface area contributed by atoms with Gasteiger partial charge in [-0.2, -0.15) is 0 Å². The molecule has 7 heteroatoms. The summed E-state index contributed by atoms with van der Waals surface area (Å²) in [4.78, 5) is 25.2. The molecular formula is C22H18N2O5. The first-order chi connectivity index (χ1) is 14.2. The lowest BCUT2D eigenvalue weighted by Crippen LogP contribution is -2.34. The van der Waals surface area contributed by atoms with E-state index in [1.165, 1.54) is 12.3 Å². The summed E-state index contributed by atoms with van der Waals surface area (Å²) >= 11 is 0. The molecule has 0 fully saturated rings. The van der Waals surface area contributed by atoms with Gasteiger partial charge in [0.05, 0.1) is 6.26 Å². The van der Waals surface area contributed by atoms with Gasteiger partial charge in [-0.25, -0.2) is 0 Å². The number of hydrogen-bond donors (Lipinski definition) is 2. The predicted molar refractivity (Wildman–Crippen MR) is 105 cm³/mol. The average Bonchev–Trinajstić information content (AvgIpc) is 3.44. The van der Waals surface area contributed by atoms with Crippen molar-refractivity contribution in [3.8, 4) is 11.5 Å². The van der Waals surface area contributed by atoms with Gasteiger partial charge in [0, 0.05) is 6.54 Å². The van der Waals surface area contributed by atoms with Gasteiger partial charge >= 0.3 is 0 Å². The zero-order valence-corrected chi connectivity index (χ0v) is 15.4. The summed E-state index contributed by atoms with van der Waals surface area (Å²) in [7, 11) is 0. The maximum absolute atomic E-state index is 12.8. The Balaban J connectivity index is 1.56. The highest BCUT2D eigenvalue weighted by Gasteiger charge is 2.18. The fourth-order valence-electron chi connectivity index (χ4n) is 2.79. The van der Waals surface area contributed by atoms with Crippen LogP contribution in [0.25, 0.3) is 6.08 Å². The van der Waals surface area contributed by atoms with Crippen LogP contribution < -0.4 is 20.1 Å². The molecule has 4 rings (SSSR count). The molecule has 146 valence electrons. The van der Waals surface area contributed by atoms with Crippen molar-refractivity contribution in [3.63, 3.8) is 0 Å². The highest BCUT2D eigenvalue weighted by Crippen LogP contribution is 2.33. The molecule has 2 aromatic carbocycles. The molecule has 0 saturated carbocycles. The molecule has 0 radical (unpaired) electrons. The summed E-state index contributed by atoms with van der Waals surface area (Å²) < 4.78 is 15.8. The summed E-state index contributed by atoms with van der Waals surface area (Å²) in [5.41, 5.74) is 1.71. The van der Waals surface area contributed by atoms with Crippen molar-refractivity contribution in [1.82, 2.24) is 10.6 Å². The van der Waals surface area contributed by atoms with Gasteiger partial charge in [-0.3, -0.25) is 9.59 Å². The molecule has 7 nitrogen and oxygen atoms in total. The van der Waals surface area contributed by atoms with Gasteiger partial charge in [-0.05, 0) is 41.5 Å². The van der Waals surface area contributed by atoms with E-state index in [0.717, 1.165) is 5.56 Å². The number of furan rings is 1. The minimum absolute atomic E-state index is 0.0844. The summed E-state index contributed by atoms with van der Waals surface area (Å²) in [6, 6.07) is 17.9. The molecule has 1 aliphatic heterocycles. The van der Waals surface area contributed by atoms with Crippen molar-refractivity contribution in [2.45, 2.75) is 6.54 Å². The molecule has 1 aromatic heterocycles. The van der Waals surface area contributed by atoms with Crippen LogP contribution in [0.2, 0.25) is 0 Å². The Bertz CT molecular complexity index is 1040. The second-order valence-corrected chi connectivity index (χ2v) is 6.27. The summed E-state index contributed by atoms with van der Waals surface area (Å²) in [5.74, 6) is 0.387. The zero-order valence-electron chi connectivity index (χ0n) is 15.4. The Labute approximate surface area is 166 Å². The lowest BCUT2D eigenvalue weighted by Gasteiger charge is -2.11. The fraction of sp³-hybridized carbons (Fsp3) is 0.0909. The number of fused-ring (bicyclic) bond motifs is 1. The van der Waals surface area contributed by atoms with E-state index in [1.54, 1.807) is 30.3 Å². The van der Waals surface area contributed by atoms with Crippen LogP contribution in [0.15, 0.2) is 77.0 Å². The number of carbonyl (C=O) groups excluding carboxylic acids is 2. The van der Waals surface area contributed by atoms with Gasteiger partial charge in [0.15, 0.2) is 17.3 Å². The molecule has 2 N–H and O–H groups in total. The molecule has 0 bridgehead atoms. The van der Waals surface area contributed by atoms with Crippen LogP contribution in [-0.4, -0.2) is 18.6 Å². The molecule has 0 spiro atoms. The van der Waals surface area contributed by atoms with E-state index >= 15 is 0 Å². The Hall–Kier alpha value is -4.00. The van der Waals surface area contributed by atoms with Crippen molar-refractivity contribution in [2.75, 3.05) is 6.79 Å². The predicted octanol–water partition coefficient (Wildman–Crippen LogP) is 3.10. The largest absolute Gasteiger partial charge is 0.459 e. The first-order valence-electron chi connectivity index (χ1n) is 8.97. The smallest absolute Gasteiger partial charge is 0.291 e. The molecule has 0 atom stereocenters. The second kappa shape index (κ2) is 8.35. The maximum atomic E-state index is 12.8. The van der Waals surface area contributed by atoms with Crippen molar-refractivity contribution < 1.29 is 23.5 Å². The SMILES string of the molecule is O=C(NCc1ccccc1)/C(=C\c1ccc2c(c1)OCO2)NC(=O)c1ccco1. The van der Waals surface area contributed by atoms with Gasteiger partial charge in [-0.1, -0.05) is 36.4 Å². The van der Waals surface area contributed by atoms with Gasteiger partial charge < -0.3 is 24.5 Å². The summed E-state index contributed by atoms with van der Waals surface area (Å²) in [5, 5.41) is 5.43. The number of benzene rings is 2. The molecule has 0 aliphatic carbocycles. The van der Waals surface area contributed by atoms with Crippen LogP contribution in [0.5, 0.6) is 11.5 Å². The third-order valence-corrected chi connectivity index (χ3v) is 4.24. The maximum Gasteiger partial charge on any atom is 0.291 e. The Morgan fingerprint density at radius 1 is 0.966 bits per heavy atom. The third-order valence-electron chi connectivity index (χ3n) is 4.24. The number of nitrogens with one attached hydrogen (secondary N) is 2. The third kappa shape index (κ3) is 4.47. The van der Waals surface area contributed by atoms with E-state index in [1.807, 2.05) is 30.3 Å². The van der Waals surface area contributed by atoms with Crippen molar-refractivity contribution >= 4 is 17.9 Å². The Kier molecular flexibility index (Phi) is 5.29. The normalized spacial score (nSPS) is 12.5. The van der Waals surface area contributed by atoms with Gasteiger partial charge in [0.25, 0.3) is 11.8 Å².